The van der Waals surface area contributed by atoms with Crippen molar-refractivity contribution in [3.05, 3.63) is 46.2 Å². The number of hydrogen-bond donors (Lipinski definition) is 4. The Bertz CT molecular complexity index is 1180. The minimum atomic E-state index is -4.85. The Hall–Kier alpha value is -3.67. The summed E-state index contributed by atoms with van der Waals surface area (Å²) in [7, 11) is 4.19. The number of alkyl halides is 3. The second kappa shape index (κ2) is 8.46. The van der Waals surface area contributed by atoms with E-state index in [1.54, 1.807) is 0 Å². The number of benzene rings is 1. The number of carbonyl (C=O) groups is 1. The van der Waals surface area contributed by atoms with Gasteiger partial charge < -0.3 is 25.5 Å². The summed E-state index contributed by atoms with van der Waals surface area (Å²) in [5.41, 5.74) is -2.39. The Kier molecular flexibility index (Phi) is 6.08. The van der Waals surface area contributed by atoms with Gasteiger partial charge in [-0.1, -0.05) is 12.1 Å². The van der Waals surface area contributed by atoms with Crippen LogP contribution in [0.1, 0.15) is 15.2 Å². The molecule has 0 radical (unpaired) electrons. The predicted molar refractivity (Wildman–Crippen MR) is 115 cm³/mol. The molecule has 1 aromatic carbocycles. The zero-order chi connectivity index (χ0) is 23.8. The molecule has 3 rings (SSSR count). The van der Waals surface area contributed by atoms with E-state index in [0.717, 1.165) is 15.9 Å². The van der Waals surface area contributed by atoms with Gasteiger partial charge in [0, 0.05) is 21.1 Å². The van der Waals surface area contributed by atoms with E-state index in [1.165, 1.54) is 61.8 Å². The Balaban J connectivity index is 2.16. The van der Waals surface area contributed by atoms with Gasteiger partial charge in [0.25, 0.3) is 5.91 Å². The van der Waals surface area contributed by atoms with Crippen molar-refractivity contribution < 1.29 is 33.3 Å². The number of aromatic hydroxyl groups is 3. The van der Waals surface area contributed by atoms with E-state index in [9.17, 15) is 33.3 Å². The molecule has 0 aliphatic heterocycles. The molecule has 32 heavy (non-hydrogen) atoms. The van der Waals surface area contributed by atoms with Crippen molar-refractivity contribution in [2.45, 2.75) is 6.18 Å². The van der Waals surface area contributed by atoms with Crippen molar-refractivity contribution in [2.75, 3.05) is 19.4 Å². The van der Waals surface area contributed by atoms with E-state index in [4.69, 9.17) is 0 Å². The minimum absolute atomic E-state index is 0.0701. The molecule has 0 bridgehead atoms. The molecule has 2 heterocycles. The van der Waals surface area contributed by atoms with Crippen LogP contribution in [-0.2, 0) is 7.05 Å². The van der Waals surface area contributed by atoms with Gasteiger partial charge in [0.1, 0.15) is 5.69 Å². The molecular weight excluding hydrogens is 449 g/mol. The monoisotopic (exact) mass is 468 g/mol. The molecule has 0 spiro atoms. The number of hydrogen-bond acceptors (Lipinski definition) is 7. The van der Waals surface area contributed by atoms with E-state index in [1.807, 2.05) is 0 Å². The summed E-state index contributed by atoms with van der Waals surface area (Å²) in [5, 5.41) is 35.3. The molecule has 8 nitrogen and oxygen atoms in total. The summed E-state index contributed by atoms with van der Waals surface area (Å²) in [6.45, 7) is 0. The number of halogens is 3. The van der Waals surface area contributed by atoms with Gasteiger partial charge in [-0.15, -0.1) is 11.3 Å². The molecule has 0 aliphatic rings. The fraction of sp³-hybridized carbons (Fsp3) is 0.200. The Labute approximate surface area is 184 Å². The summed E-state index contributed by atoms with van der Waals surface area (Å²) >= 11 is 0.810. The molecule has 1 amide bonds. The summed E-state index contributed by atoms with van der Waals surface area (Å²) in [4.78, 5) is 16.9. The van der Waals surface area contributed by atoms with Crippen molar-refractivity contribution in [3.8, 4) is 17.5 Å². The Morgan fingerprint density at radius 2 is 1.81 bits per heavy atom. The van der Waals surface area contributed by atoms with Gasteiger partial charge in [0.2, 0.25) is 11.8 Å². The van der Waals surface area contributed by atoms with Gasteiger partial charge in [-0.05, 0) is 23.6 Å². The zero-order valence-corrected chi connectivity index (χ0v) is 17.9. The van der Waals surface area contributed by atoms with E-state index in [0.29, 0.717) is 0 Å². The van der Waals surface area contributed by atoms with Crippen LogP contribution in [0.15, 0.2) is 40.7 Å². The van der Waals surface area contributed by atoms with Crippen LogP contribution in [-0.4, -0.2) is 56.7 Å². The number of thiophene rings is 1. The topological polar surface area (TPSA) is 110 Å². The summed E-state index contributed by atoms with van der Waals surface area (Å²) in [5.74, 6) is -2.36. The highest BCUT2D eigenvalue weighted by Crippen LogP contribution is 2.48. The van der Waals surface area contributed by atoms with Crippen molar-refractivity contribution in [2.24, 2.45) is 12.0 Å². The van der Waals surface area contributed by atoms with Gasteiger partial charge in [-0.2, -0.15) is 13.2 Å². The van der Waals surface area contributed by atoms with Crippen LogP contribution in [0.25, 0.3) is 0 Å². The number of anilines is 2. The molecular formula is C20H19F3N4O4S. The molecule has 0 fully saturated rings. The molecule has 12 heteroatoms. The molecule has 0 saturated carbocycles. The van der Waals surface area contributed by atoms with Crippen LogP contribution in [0.2, 0.25) is 0 Å². The van der Waals surface area contributed by atoms with Crippen LogP contribution in [0.5, 0.6) is 17.5 Å². The Morgan fingerprint density at radius 1 is 1.12 bits per heavy atom. The first-order valence-electron chi connectivity index (χ1n) is 9.04. The van der Waals surface area contributed by atoms with Gasteiger partial charge >= 0.3 is 6.18 Å². The number of phenols is 1. The quantitative estimate of drug-likeness (QED) is 0.329. The van der Waals surface area contributed by atoms with Gasteiger partial charge in [-0.25, -0.2) is 4.99 Å². The highest BCUT2D eigenvalue weighted by molar-refractivity contribution is 7.12. The number of aliphatic imine (C=N–C) groups is 1. The van der Waals surface area contributed by atoms with Crippen LogP contribution in [0, 0.1) is 0 Å². The third kappa shape index (κ3) is 4.21. The van der Waals surface area contributed by atoms with E-state index >= 15 is 0 Å². The first-order chi connectivity index (χ1) is 14.9. The maximum Gasteiger partial charge on any atom is 0.434 e. The van der Waals surface area contributed by atoms with Crippen molar-refractivity contribution in [1.82, 2.24) is 9.47 Å². The summed E-state index contributed by atoms with van der Waals surface area (Å²) in [6.07, 6.45) is -4.85. The number of aromatic nitrogens is 1. The third-order valence-corrected chi connectivity index (χ3v) is 5.36. The highest BCUT2D eigenvalue weighted by Gasteiger charge is 2.38. The number of amides is 1. The average molecular weight is 468 g/mol. The second-order valence-electron chi connectivity index (χ2n) is 6.89. The fourth-order valence-corrected chi connectivity index (χ4v) is 3.58. The predicted octanol–water partition coefficient (Wildman–Crippen LogP) is 4.33. The minimum Gasteiger partial charge on any atom is -0.505 e. The molecule has 170 valence electrons. The number of nitrogens with zero attached hydrogens (tertiary/aromatic N) is 3. The van der Waals surface area contributed by atoms with Crippen molar-refractivity contribution >= 4 is 40.0 Å². The van der Waals surface area contributed by atoms with E-state index in [2.05, 4.69) is 10.3 Å². The second-order valence-corrected chi connectivity index (χ2v) is 7.84. The van der Waals surface area contributed by atoms with E-state index in [-0.39, 0.29) is 21.8 Å². The lowest BCUT2D eigenvalue weighted by molar-refractivity contribution is -0.0578. The SMILES string of the molecule is CN(C)C(=O)c1cccc(Nc2c(N=C(c3cccs3)C(F)(F)F)c(O)n(C)c2O)c1O. The van der Waals surface area contributed by atoms with Crippen LogP contribution in [0.3, 0.4) is 0 Å². The van der Waals surface area contributed by atoms with Gasteiger partial charge in [0.15, 0.2) is 17.1 Å². The average Bonchev–Trinajstić information content (AvgIpc) is 3.31. The zero-order valence-electron chi connectivity index (χ0n) is 17.1. The number of rotatable bonds is 5. The number of carbonyl (C=O) groups excluding carboxylic acids is 1. The van der Waals surface area contributed by atoms with Crippen LogP contribution < -0.4 is 5.32 Å². The lowest BCUT2D eigenvalue weighted by Gasteiger charge is -2.15. The molecule has 0 atom stereocenters. The standard InChI is InChI=1S/C20H19F3N4O4S/c1-26(2)17(29)10-6-4-7-11(15(10)28)24-13-14(19(31)27(3)18(13)30)25-16(20(21,22)23)12-8-5-9-32-12/h4-9,24,28,30-31H,1-3H3. The van der Waals surface area contributed by atoms with Gasteiger partial charge in [0.05, 0.1) is 16.1 Å². The van der Waals surface area contributed by atoms with Crippen molar-refractivity contribution in [3.63, 3.8) is 0 Å². The van der Waals surface area contributed by atoms with Gasteiger partial charge in [-0.3, -0.25) is 9.36 Å². The molecule has 0 unspecified atom stereocenters. The van der Waals surface area contributed by atoms with Crippen molar-refractivity contribution in [1.29, 1.82) is 0 Å². The van der Waals surface area contributed by atoms with E-state index < -0.39 is 41.0 Å². The molecule has 2 aromatic heterocycles. The Morgan fingerprint density at radius 3 is 2.38 bits per heavy atom. The molecule has 0 aliphatic carbocycles. The fourth-order valence-electron chi connectivity index (χ4n) is 2.84. The first-order valence-corrected chi connectivity index (χ1v) is 9.92. The molecule has 4 N–H and O–H groups in total. The summed E-state index contributed by atoms with van der Waals surface area (Å²) < 4.78 is 41.8. The van der Waals surface area contributed by atoms with Crippen LogP contribution in [0.4, 0.5) is 30.2 Å². The molecule has 0 saturated heterocycles. The lowest BCUT2D eigenvalue weighted by Crippen LogP contribution is -2.22. The number of nitrogens with one attached hydrogen (secondary N) is 1. The molecule has 3 aromatic rings. The highest BCUT2D eigenvalue weighted by atomic mass is 32.1. The lowest BCUT2D eigenvalue weighted by atomic mass is 10.1. The first kappa shape index (κ1) is 23.0. The third-order valence-electron chi connectivity index (χ3n) is 4.49. The number of phenolic OH excluding ortho intramolecular Hbond substituents is 1. The van der Waals surface area contributed by atoms with Crippen LogP contribution >= 0.6 is 11.3 Å². The maximum atomic E-state index is 13.7. The largest absolute Gasteiger partial charge is 0.505 e. The normalized spacial score (nSPS) is 12.1. The summed E-state index contributed by atoms with van der Waals surface area (Å²) in [6, 6.07) is 6.81. The maximum absolute atomic E-state index is 13.7. The smallest absolute Gasteiger partial charge is 0.434 e. The number of para-hydroxylation sites is 1.